The van der Waals surface area contributed by atoms with Crippen molar-refractivity contribution >= 4 is 0 Å². The van der Waals surface area contributed by atoms with E-state index in [0.29, 0.717) is 11.8 Å². The quantitative estimate of drug-likeness (QED) is 0.575. The van der Waals surface area contributed by atoms with Gasteiger partial charge < -0.3 is 5.11 Å². The van der Waals surface area contributed by atoms with Crippen LogP contribution in [0.5, 0.6) is 0 Å². The molecule has 1 saturated carbocycles. The second-order valence-corrected chi connectivity index (χ2v) is 3.90. The normalized spacial score (nSPS) is 38.6. The van der Waals surface area contributed by atoms with Gasteiger partial charge in [-0.1, -0.05) is 19.1 Å². The summed E-state index contributed by atoms with van der Waals surface area (Å²) in [7, 11) is 0. The van der Waals surface area contributed by atoms with E-state index in [9.17, 15) is 5.11 Å². The molecule has 0 heterocycles. The number of rotatable bonds is 1. The molecule has 1 aliphatic carbocycles. The molecule has 1 rings (SSSR count). The van der Waals surface area contributed by atoms with Crippen LogP contribution in [0, 0.1) is 11.8 Å². The molecule has 0 spiro atoms. The highest BCUT2D eigenvalue weighted by Gasteiger charge is 2.25. The Hall–Kier alpha value is -0.300. The summed E-state index contributed by atoms with van der Waals surface area (Å²) in [6.07, 6.45) is 3.20. The van der Waals surface area contributed by atoms with Gasteiger partial charge in [0.2, 0.25) is 0 Å². The third kappa shape index (κ3) is 2.06. The van der Waals surface area contributed by atoms with Crippen LogP contribution in [0.1, 0.15) is 33.1 Å². The van der Waals surface area contributed by atoms with Gasteiger partial charge in [0.05, 0.1) is 6.10 Å². The van der Waals surface area contributed by atoms with E-state index in [1.807, 2.05) is 0 Å². The molecule has 0 saturated heterocycles. The Bertz CT molecular complexity index is 151. The van der Waals surface area contributed by atoms with Gasteiger partial charge in [0.15, 0.2) is 0 Å². The minimum absolute atomic E-state index is 0.0922. The number of hydrogen-bond donors (Lipinski definition) is 1. The lowest BCUT2D eigenvalue weighted by molar-refractivity contribution is 0.0614. The summed E-state index contributed by atoms with van der Waals surface area (Å²) in [5.74, 6) is 1.06. The highest BCUT2D eigenvalue weighted by atomic mass is 16.3. The predicted molar refractivity (Wildman–Crippen MR) is 47.3 cm³/mol. The molecule has 1 aliphatic rings. The van der Waals surface area contributed by atoms with Gasteiger partial charge in [-0.3, -0.25) is 0 Å². The molecular weight excluding hydrogens is 136 g/mol. The SMILES string of the molecule is C=C(C)C1CCC(C)C(O)C1. The lowest BCUT2D eigenvalue weighted by atomic mass is 9.78. The van der Waals surface area contributed by atoms with Crippen LogP contribution < -0.4 is 0 Å². The van der Waals surface area contributed by atoms with E-state index in [2.05, 4.69) is 20.4 Å². The van der Waals surface area contributed by atoms with E-state index < -0.39 is 0 Å². The molecule has 1 N–H and O–H groups in total. The van der Waals surface area contributed by atoms with Crippen LogP contribution in [0.15, 0.2) is 12.2 Å². The van der Waals surface area contributed by atoms with Crippen molar-refractivity contribution in [2.45, 2.75) is 39.2 Å². The van der Waals surface area contributed by atoms with Gasteiger partial charge in [-0.2, -0.15) is 0 Å². The third-order valence-electron chi connectivity index (χ3n) is 2.85. The Morgan fingerprint density at radius 1 is 1.45 bits per heavy atom. The minimum atomic E-state index is -0.0922. The zero-order valence-corrected chi connectivity index (χ0v) is 7.51. The Morgan fingerprint density at radius 2 is 2.09 bits per heavy atom. The summed E-state index contributed by atoms with van der Waals surface area (Å²) in [6, 6.07) is 0. The molecule has 1 fully saturated rings. The molecule has 0 bridgehead atoms. The molecule has 3 unspecified atom stereocenters. The van der Waals surface area contributed by atoms with Gasteiger partial charge in [0.25, 0.3) is 0 Å². The summed E-state index contributed by atoms with van der Waals surface area (Å²) in [4.78, 5) is 0. The van der Waals surface area contributed by atoms with E-state index in [1.54, 1.807) is 0 Å². The van der Waals surface area contributed by atoms with Gasteiger partial charge in [-0.05, 0) is 38.0 Å². The highest BCUT2D eigenvalue weighted by Crippen LogP contribution is 2.32. The van der Waals surface area contributed by atoms with Crippen LogP contribution in [0.4, 0.5) is 0 Å². The second kappa shape index (κ2) is 3.40. The number of allylic oxidation sites excluding steroid dienone is 1. The number of hydrogen-bond acceptors (Lipinski definition) is 1. The van der Waals surface area contributed by atoms with E-state index in [-0.39, 0.29) is 6.10 Å². The van der Waals surface area contributed by atoms with Crippen LogP contribution in [-0.2, 0) is 0 Å². The number of aliphatic hydroxyl groups excluding tert-OH is 1. The molecule has 1 nitrogen and oxygen atoms in total. The smallest absolute Gasteiger partial charge is 0.0571 e. The van der Waals surface area contributed by atoms with Crippen molar-refractivity contribution in [3.8, 4) is 0 Å². The van der Waals surface area contributed by atoms with E-state index in [4.69, 9.17) is 0 Å². The maximum Gasteiger partial charge on any atom is 0.0571 e. The summed E-state index contributed by atoms with van der Waals surface area (Å²) in [6.45, 7) is 8.11. The topological polar surface area (TPSA) is 20.2 Å². The van der Waals surface area contributed by atoms with Crippen molar-refractivity contribution in [2.24, 2.45) is 11.8 Å². The summed E-state index contributed by atoms with van der Waals surface area (Å²) in [5.41, 5.74) is 1.23. The largest absolute Gasteiger partial charge is 0.393 e. The van der Waals surface area contributed by atoms with Gasteiger partial charge >= 0.3 is 0 Å². The van der Waals surface area contributed by atoms with Gasteiger partial charge in [0, 0.05) is 0 Å². The average Bonchev–Trinajstić information content (AvgIpc) is 1.94. The molecule has 0 aromatic rings. The van der Waals surface area contributed by atoms with Crippen LogP contribution in [0.3, 0.4) is 0 Å². The van der Waals surface area contributed by atoms with Crippen LogP contribution in [-0.4, -0.2) is 11.2 Å². The molecule has 11 heavy (non-hydrogen) atoms. The molecule has 0 aromatic carbocycles. The minimum Gasteiger partial charge on any atom is -0.393 e. The fourth-order valence-electron chi connectivity index (χ4n) is 1.75. The van der Waals surface area contributed by atoms with E-state index in [1.165, 1.54) is 12.0 Å². The fraction of sp³-hybridized carbons (Fsp3) is 0.800. The molecule has 1 heteroatoms. The van der Waals surface area contributed by atoms with Crippen LogP contribution in [0.25, 0.3) is 0 Å². The first kappa shape index (κ1) is 8.79. The molecular formula is C10H18O. The first-order valence-electron chi connectivity index (χ1n) is 4.44. The highest BCUT2D eigenvalue weighted by molar-refractivity contribution is 4.99. The van der Waals surface area contributed by atoms with Gasteiger partial charge in [-0.25, -0.2) is 0 Å². The van der Waals surface area contributed by atoms with Crippen molar-refractivity contribution in [3.05, 3.63) is 12.2 Å². The Balaban J connectivity index is 2.46. The lowest BCUT2D eigenvalue weighted by Gasteiger charge is -2.31. The molecule has 0 radical (unpaired) electrons. The Kier molecular flexibility index (Phi) is 2.72. The molecule has 64 valence electrons. The van der Waals surface area contributed by atoms with Crippen LogP contribution in [0.2, 0.25) is 0 Å². The van der Waals surface area contributed by atoms with Crippen molar-refractivity contribution in [1.29, 1.82) is 0 Å². The van der Waals surface area contributed by atoms with Crippen LogP contribution >= 0.6 is 0 Å². The van der Waals surface area contributed by atoms with Crippen molar-refractivity contribution in [1.82, 2.24) is 0 Å². The van der Waals surface area contributed by atoms with E-state index in [0.717, 1.165) is 12.8 Å². The first-order valence-corrected chi connectivity index (χ1v) is 4.44. The van der Waals surface area contributed by atoms with Crippen molar-refractivity contribution in [3.63, 3.8) is 0 Å². The molecule has 0 amide bonds. The van der Waals surface area contributed by atoms with Crippen molar-refractivity contribution < 1.29 is 5.11 Å². The zero-order valence-electron chi connectivity index (χ0n) is 7.51. The molecule has 0 aromatic heterocycles. The lowest BCUT2D eigenvalue weighted by Crippen LogP contribution is -2.27. The zero-order chi connectivity index (χ0) is 8.43. The standard InChI is InChI=1S/C10H18O/c1-7(2)9-5-4-8(3)10(11)6-9/h8-11H,1,4-6H2,2-3H3. The Morgan fingerprint density at radius 3 is 2.55 bits per heavy atom. The monoisotopic (exact) mass is 154 g/mol. The van der Waals surface area contributed by atoms with Gasteiger partial charge in [0.1, 0.15) is 0 Å². The van der Waals surface area contributed by atoms with E-state index >= 15 is 0 Å². The molecule has 0 aliphatic heterocycles. The predicted octanol–water partition coefficient (Wildman–Crippen LogP) is 2.36. The Labute approximate surface area is 69.1 Å². The third-order valence-corrected chi connectivity index (χ3v) is 2.85. The summed E-state index contributed by atoms with van der Waals surface area (Å²) in [5, 5.41) is 9.56. The molecule has 3 atom stereocenters. The summed E-state index contributed by atoms with van der Waals surface area (Å²) >= 11 is 0. The second-order valence-electron chi connectivity index (χ2n) is 3.90. The fourth-order valence-corrected chi connectivity index (χ4v) is 1.75. The summed E-state index contributed by atoms with van der Waals surface area (Å²) < 4.78 is 0. The first-order chi connectivity index (χ1) is 5.11. The maximum absolute atomic E-state index is 9.56. The van der Waals surface area contributed by atoms with Crippen molar-refractivity contribution in [2.75, 3.05) is 0 Å². The van der Waals surface area contributed by atoms with Gasteiger partial charge in [-0.15, -0.1) is 0 Å². The maximum atomic E-state index is 9.56. The average molecular weight is 154 g/mol. The number of aliphatic hydroxyl groups is 1.